The Morgan fingerprint density at radius 2 is 1.48 bits per heavy atom. The number of hydrazine groups is 1. The molecule has 0 N–H and O–H groups in total. The topological polar surface area (TPSA) is 53.0 Å². The van der Waals surface area contributed by atoms with E-state index in [-0.39, 0.29) is 34.5 Å². The predicted octanol–water partition coefficient (Wildman–Crippen LogP) is 5.03. The second kappa shape index (κ2) is 7.36. The van der Waals surface area contributed by atoms with Crippen LogP contribution in [-0.2, 0) is 9.59 Å². The fourth-order valence-electron chi connectivity index (χ4n) is 7.54. The summed E-state index contributed by atoms with van der Waals surface area (Å²) in [5.74, 6) is 0.856. The smallest absolute Gasteiger partial charge is 0.253 e. The van der Waals surface area contributed by atoms with Gasteiger partial charge in [0.05, 0.1) is 17.9 Å². The number of hydrogen-bond donors (Lipinski definition) is 0. The van der Waals surface area contributed by atoms with Crippen molar-refractivity contribution in [3.8, 4) is 0 Å². The van der Waals surface area contributed by atoms with Crippen LogP contribution in [0.3, 0.4) is 0 Å². The minimum atomic E-state index is -0.243. The molecule has 2 heterocycles. The molecule has 170 valence electrons. The molecule has 31 heavy (non-hydrogen) atoms. The molecule has 0 aromatic carbocycles. The van der Waals surface area contributed by atoms with E-state index >= 15 is 0 Å². The summed E-state index contributed by atoms with van der Waals surface area (Å²) in [6.07, 6.45) is 8.10. The van der Waals surface area contributed by atoms with E-state index in [0.29, 0.717) is 18.5 Å². The van der Waals surface area contributed by atoms with Gasteiger partial charge in [-0.05, 0) is 45.4 Å². The molecule has 2 bridgehead atoms. The number of allylic oxidation sites excluding steroid dienone is 2. The maximum atomic E-state index is 14.0. The van der Waals surface area contributed by atoms with Gasteiger partial charge in [0.25, 0.3) is 11.8 Å². The van der Waals surface area contributed by atoms with Crippen molar-refractivity contribution in [2.24, 2.45) is 33.6 Å². The Morgan fingerprint density at radius 3 is 2.06 bits per heavy atom. The number of imide groups is 1. The second-order valence-electron chi connectivity index (χ2n) is 10.9. The van der Waals surface area contributed by atoms with E-state index in [0.717, 1.165) is 36.6 Å². The average molecular weight is 444 g/mol. The minimum Gasteiger partial charge on any atom is -0.272 e. The number of hydrogen-bond acceptors (Lipinski definition) is 4. The van der Waals surface area contributed by atoms with Gasteiger partial charge in [0.15, 0.2) is 5.17 Å². The summed E-state index contributed by atoms with van der Waals surface area (Å²) < 4.78 is 0. The van der Waals surface area contributed by atoms with E-state index in [1.54, 1.807) is 16.8 Å². The molecule has 6 heteroatoms. The fraction of sp³-hybridized carbons (Fsp3) is 0.800. The van der Waals surface area contributed by atoms with Crippen molar-refractivity contribution in [1.82, 2.24) is 10.0 Å². The van der Waals surface area contributed by atoms with Crippen molar-refractivity contribution in [3.05, 3.63) is 11.1 Å². The minimum absolute atomic E-state index is 0.0127. The molecular formula is C25H37N3O2S. The highest BCUT2D eigenvalue weighted by Crippen LogP contribution is 2.74. The maximum absolute atomic E-state index is 14.0. The Labute approximate surface area is 191 Å². The van der Waals surface area contributed by atoms with E-state index in [1.165, 1.54) is 30.4 Å². The number of carbonyl (C=O) groups excluding carboxylic acids is 2. The quantitative estimate of drug-likeness (QED) is 0.444. The van der Waals surface area contributed by atoms with Crippen LogP contribution in [0.1, 0.15) is 79.6 Å². The van der Waals surface area contributed by atoms with Gasteiger partial charge < -0.3 is 0 Å². The molecule has 0 aromatic rings. The van der Waals surface area contributed by atoms with Crippen LogP contribution in [0, 0.1) is 28.6 Å². The molecule has 0 spiro atoms. The predicted molar refractivity (Wildman–Crippen MR) is 125 cm³/mol. The summed E-state index contributed by atoms with van der Waals surface area (Å²) in [6.45, 7) is 11.8. The van der Waals surface area contributed by atoms with Crippen LogP contribution < -0.4 is 0 Å². The first-order chi connectivity index (χ1) is 14.7. The molecule has 2 saturated heterocycles. The second-order valence-corrected chi connectivity index (χ2v) is 11.9. The van der Waals surface area contributed by atoms with E-state index in [2.05, 4.69) is 34.6 Å². The van der Waals surface area contributed by atoms with Gasteiger partial charge in [-0.15, -0.1) is 0 Å². The lowest BCUT2D eigenvalue weighted by Gasteiger charge is -2.37. The highest BCUT2D eigenvalue weighted by molar-refractivity contribution is 8.13. The summed E-state index contributed by atoms with van der Waals surface area (Å²) in [4.78, 5) is 33.0. The Hall–Kier alpha value is -1.30. The van der Waals surface area contributed by atoms with Gasteiger partial charge >= 0.3 is 0 Å². The monoisotopic (exact) mass is 443 g/mol. The number of thioether (sulfide) groups is 1. The normalized spacial score (nSPS) is 42.7. The van der Waals surface area contributed by atoms with E-state index in [9.17, 15) is 9.59 Å². The standard InChI is InChI=1S/C25H37N3O2S/c1-15-16(2)25(5)17(3)24(15,4)19-20(25)22(30)28(21(19)29)27-13-9-10-14-31-23(27)26-18-11-7-6-8-12-18/h17-20H,6-14H2,1-5H3/t17?,19-,20+,24-,25+. The van der Waals surface area contributed by atoms with Crippen LogP contribution in [0.5, 0.6) is 0 Å². The van der Waals surface area contributed by atoms with Gasteiger partial charge in [0.1, 0.15) is 0 Å². The van der Waals surface area contributed by atoms with Gasteiger partial charge in [-0.1, -0.05) is 62.9 Å². The van der Waals surface area contributed by atoms with Crippen molar-refractivity contribution < 1.29 is 9.59 Å². The molecule has 0 radical (unpaired) electrons. The Kier molecular flexibility index (Phi) is 5.11. The number of carbonyl (C=O) groups is 2. The number of nitrogens with zero attached hydrogens (tertiary/aromatic N) is 3. The van der Waals surface area contributed by atoms with E-state index < -0.39 is 0 Å². The van der Waals surface area contributed by atoms with Gasteiger partial charge in [0, 0.05) is 23.1 Å². The molecule has 5 rings (SSSR count). The van der Waals surface area contributed by atoms with Crippen molar-refractivity contribution in [1.29, 1.82) is 0 Å². The van der Waals surface area contributed by atoms with E-state index in [4.69, 9.17) is 4.99 Å². The molecule has 4 fully saturated rings. The summed E-state index contributed by atoms with van der Waals surface area (Å²) in [5.41, 5.74) is 2.19. The van der Waals surface area contributed by atoms with Crippen molar-refractivity contribution in [2.75, 3.05) is 12.3 Å². The largest absolute Gasteiger partial charge is 0.272 e. The average Bonchev–Trinajstić information content (AvgIpc) is 3.05. The van der Waals surface area contributed by atoms with Gasteiger partial charge in [0.2, 0.25) is 0 Å². The number of fused-ring (bicyclic) bond motifs is 5. The third kappa shape index (κ3) is 2.72. The fourth-order valence-corrected chi connectivity index (χ4v) is 8.62. The number of aliphatic imine (C=N–C) groups is 1. The summed E-state index contributed by atoms with van der Waals surface area (Å²) in [6, 6.07) is 0.335. The molecule has 2 aliphatic heterocycles. The third-order valence-electron chi connectivity index (χ3n) is 9.88. The third-order valence-corrected chi connectivity index (χ3v) is 10.9. The molecule has 1 unspecified atom stereocenters. The van der Waals surface area contributed by atoms with Crippen LogP contribution in [0.2, 0.25) is 0 Å². The number of amides is 2. The maximum Gasteiger partial charge on any atom is 0.253 e. The summed E-state index contributed by atoms with van der Waals surface area (Å²) in [7, 11) is 0. The molecule has 5 atom stereocenters. The molecule has 0 aromatic heterocycles. The van der Waals surface area contributed by atoms with Crippen molar-refractivity contribution >= 4 is 28.7 Å². The van der Waals surface area contributed by atoms with Crippen molar-refractivity contribution in [2.45, 2.75) is 85.6 Å². The lowest BCUT2D eigenvalue weighted by atomic mass is 9.66. The van der Waals surface area contributed by atoms with Crippen molar-refractivity contribution in [3.63, 3.8) is 0 Å². The molecule has 5 aliphatic rings. The highest BCUT2D eigenvalue weighted by atomic mass is 32.2. The van der Waals surface area contributed by atoms with Gasteiger partial charge in [-0.3, -0.25) is 19.6 Å². The molecule has 5 nitrogen and oxygen atoms in total. The molecule has 2 amide bonds. The Morgan fingerprint density at radius 1 is 0.903 bits per heavy atom. The first-order valence-electron chi connectivity index (χ1n) is 12.3. The van der Waals surface area contributed by atoms with Crippen LogP contribution in [0.15, 0.2) is 16.1 Å². The first-order valence-corrected chi connectivity index (χ1v) is 13.3. The number of amidine groups is 1. The van der Waals surface area contributed by atoms with Crippen LogP contribution in [0.25, 0.3) is 0 Å². The summed E-state index contributed by atoms with van der Waals surface area (Å²) >= 11 is 1.74. The SMILES string of the molecule is CC1=C(C)[C@]2(C)C(C)[C@@]1(C)[C@@H]1C(=O)N(N3CCCCSC3=NC3CCCCC3)C(=O)[C@@H]12. The van der Waals surface area contributed by atoms with Crippen LogP contribution >= 0.6 is 11.8 Å². The van der Waals surface area contributed by atoms with E-state index in [1.807, 2.05) is 5.01 Å². The van der Waals surface area contributed by atoms with Crippen LogP contribution in [-0.4, -0.2) is 45.3 Å². The lowest BCUT2D eigenvalue weighted by Crippen LogP contribution is -2.51. The molecular weight excluding hydrogens is 406 g/mol. The Bertz CT molecular complexity index is 832. The zero-order valence-corrected chi connectivity index (χ0v) is 20.6. The highest BCUT2D eigenvalue weighted by Gasteiger charge is 2.76. The van der Waals surface area contributed by atoms with Gasteiger partial charge in [-0.2, -0.15) is 5.01 Å². The zero-order chi connectivity index (χ0) is 22.1. The molecule has 2 saturated carbocycles. The lowest BCUT2D eigenvalue weighted by molar-refractivity contribution is -0.155. The zero-order valence-electron chi connectivity index (χ0n) is 19.7. The first kappa shape index (κ1) is 21.5. The van der Waals surface area contributed by atoms with Gasteiger partial charge in [-0.25, -0.2) is 0 Å². The van der Waals surface area contributed by atoms with Crippen LogP contribution in [0.4, 0.5) is 0 Å². The Balaban J connectivity index is 1.52. The summed E-state index contributed by atoms with van der Waals surface area (Å²) in [5, 5.41) is 4.43. The number of rotatable bonds is 2. The molecule has 3 aliphatic carbocycles.